The topological polar surface area (TPSA) is 44.4 Å². The molecule has 114 valence electrons. The van der Waals surface area contributed by atoms with E-state index in [1.165, 1.54) is 12.0 Å². The van der Waals surface area contributed by atoms with Gasteiger partial charge in [0.1, 0.15) is 0 Å². The summed E-state index contributed by atoms with van der Waals surface area (Å²) >= 11 is 0. The van der Waals surface area contributed by atoms with Crippen molar-refractivity contribution in [2.75, 3.05) is 11.9 Å². The van der Waals surface area contributed by atoms with Crippen molar-refractivity contribution in [1.29, 1.82) is 0 Å². The minimum atomic E-state index is 0.0381. The number of amides is 1. The van der Waals surface area contributed by atoms with Crippen molar-refractivity contribution in [3.05, 3.63) is 29.3 Å². The Morgan fingerprint density at radius 1 is 1.24 bits per heavy atom. The molecular formula is C17H25N3O. The molecule has 1 aromatic carbocycles. The predicted octanol–water partition coefficient (Wildman–Crippen LogP) is 2.95. The van der Waals surface area contributed by atoms with Crippen molar-refractivity contribution in [3.63, 3.8) is 0 Å². The second-order valence-electron chi connectivity index (χ2n) is 6.34. The number of anilines is 1. The zero-order valence-electron chi connectivity index (χ0n) is 13.0. The number of benzene rings is 1. The van der Waals surface area contributed by atoms with Gasteiger partial charge in [-0.3, -0.25) is 10.2 Å². The van der Waals surface area contributed by atoms with Crippen LogP contribution in [0.25, 0.3) is 0 Å². The molecule has 4 nitrogen and oxygen atoms in total. The Morgan fingerprint density at radius 2 is 2.00 bits per heavy atom. The summed E-state index contributed by atoms with van der Waals surface area (Å²) in [4.78, 5) is 12.7. The number of carbonyl (C=O) groups is 1. The summed E-state index contributed by atoms with van der Waals surface area (Å²) in [6.07, 6.45) is 5.63. The Balaban J connectivity index is 1.79. The average Bonchev–Trinajstić information content (AvgIpc) is 2.50. The fraction of sp³-hybridized carbons (Fsp3) is 0.588. The molecule has 1 aromatic rings. The van der Waals surface area contributed by atoms with E-state index in [0.29, 0.717) is 12.1 Å². The molecule has 0 bridgehead atoms. The molecule has 4 heteroatoms. The van der Waals surface area contributed by atoms with Crippen LogP contribution in [0, 0.1) is 0 Å². The van der Waals surface area contributed by atoms with Gasteiger partial charge >= 0.3 is 0 Å². The van der Waals surface area contributed by atoms with Crippen molar-refractivity contribution in [1.82, 2.24) is 10.4 Å². The second kappa shape index (κ2) is 6.06. The Bertz CT molecular complexity index is 519. The molecule has 0 saturated carbocycles. The first-order valence-electron chi connectivity index (χ1n) is 8.12. The molecule has 21 heavy (non-hydrogen) atoms. The van der Waals surface area contributed by atoms with E-state index in [9.17, 15) is 4.79 Å². The molecule has 2 unspecified atom stereocenters. The molecule has 2 atom stereocenters. The van der Waals surface area contributed by atoms with Crippen LogP contribution in [0.1, 0.15) is 55.5 Å². The van der Waals surface area contributed by atoms with Gasteiger partial charge in [-0.15, -0.1) is 0 Å². The first-order valence-corrected chi connectivity index (χ1v) is 8.12. The maximum Gasteiger partial charge on any atom is 0.265 e. The van der Waals surface area contributed by atoms with E-state index in [4.69, 9.17) is 0 Å². The lowest BCUT2D eigenvalue weighted by atomic mass is 9.97. The average molecular weight is 287 g/mol. The predicted molar refractivity (Wildman–Crippen MR) is 85.3 cm³/mol. The van der Waals surface area contributed by atoms with Crippen molar-refractivity contribution < 1.29 is 4.79 Å². The summed E-state index contributed by atoms with van der Waals surface area (Å²) in [6.45, 7) is 5.38. The molecule has 0 aromatic heterocycles. The summed E-state index contributed by atoms with van der Waals surface area (Å²) in [6, 6.07) is 6.80. The van der Waals surface area contributed by atoms with Crippen molar-refractivity contribution in [2.45, 2.75) is 58.0 Å². The second-order valence-corrected chi connectivity index (χ2v) is 6.34. The van der Waals surface area contributed by atoms with E-state index in [0.717, 1.165) is 43.5 Å². The van der Waals surface area contributed by atoms with Crippen LogP contribution in [-0.4, -0.2) is 29.5 Å². The minimum absolute atomic E-state index is 0.0381. The van der Waals surface area contributed by atoms with Gasteiger partial charge in [-0.1, -0.05) is 12.5 Å². The number of nitrogens with one attached hydrogen (secondary N) is 2. The summed E-state index contributed by atoms with van der Waals surface area (Å²) in [5.41, 5.74) is 6.26. The van der Waals surface area contributed by atoms with Gasteiger partial charge in [-0.05, 0) is 57.2 Å². The number of carbonyl (C=O) groups excluding carboxylic acids is 1. The van der Waals surface area contributed by atoms with Crippen LogP contribution >= 0.6 is 0 Å². The molecule has 0 aliphatic carbocycles. The third-order valence-electron chi connectivity index (χ3n) is 4.76. The maximum atomic E-state index is 12.7. The molecule has 2 heterocycles. The number of rotatable bonds is 2. The largest absolute Gasteiger partial charge is 0.385 e. The molecule has 3 rings (SSSR count). The zero-order valence-corrected chi connectivity index (χ0v) is 13.0. The summed E-state index contributed by atoms with van der Waals surface area (Å²) in [5, 5.41) is 5.53. The van der Waals surface area contributed by atoms with Crippen LogP contribution in [-0.2, 0) is 6.42 Å². The third-order valence-corrected chi connectivity index (χ3v) is 4.76. The van der Waals surface area contributed by atoms with Crippen molar-refractivity contribution in [3.8, 4) is 0 Å². The van der Waals surface area contributed by atoms with Gasteiger partial charge in [-0.25, -0.2) is 5.01 Å². The van der Waals surface area contributed by atoms with Crippen LogP contribution < -0.4 is 10.7 Å². The van der Waals surface area contributed by atoms with E-state index in [-0.39, 0.29) is 5.91 Å². The van der Waals surface area contributed by atoms with E-state index in [1.807, 2.05) is 12.1 Å². The summed E-state index contributed by atoms with van der Waals surface area (Å²) in [7, 11) is 0. The Kier molecular flexibility index (Phi) is 4.15. The fourth-order valence-electron chi connectivity index (χ4n) is 3.54. The van der Waals surface area contributed by atoms with Gasteiger partial charge in [0.2, 0.25) is 0 Å². The Morgan fingerprint density at radius 3 is 2.76 bits per heavy atom. The SMILES string of the molecule is CC1CCCC(C)N1NC(=O)c1cccc2c1CCCN2. The summed E-state index contributed by atoms with van der Waals surface area (Å²) < 4.78 is 0. The number of hydrogen-bond donors (Lipinski definition) is 2. The van der Waals surface area contributed by atoms with Gasteiger partial charge in [0.25, 0.3) is 5.91 Å². The highest BCUT2D eigenvalue weighted by atomic mass is 16.2. The third kappa shape index (κ3) is 2.91. The first-order chi connectivity index (χ1) is 10.2. The number of hydrazine groups is 1. The molecule has 2 N–H and O–H groups in total. The molecule has 2 aliphatic heterocycles. The van der Waals surface area contributed by atoms with Crippen molar-refractivity contribution >= 4 is 11.6 Å². The highest BCUT2D eigenvalue weighted by molar-refractivity contribution is 5.97. The lowest BCUT2D eigenvalue weighted by molar-refractivity contribution is 0.0369. The molecular weight excluding hydrogens is 262 g/mol. The fourth-order valence-corrected chi connectivity index (χ4v) is 3.54. The van der Waals surface area contributed by atoms with E-state index >= 15 is 0 Å². The molecule has 0 spiro atoms. The van der Waals surface area contributed by atoms with Crippen LogP contribution in [0.4, 0.5) is 5.69 Å². The van der Waals surface area contributed by atoms with Gasteiger partial charge in [0, 0.05) is 29.9 Å². The molecule has 0 radical (unpaired) electrons. The smallest absolute Gasteiger partial charge is 0.265 e. The van der Waals surface area contributed by atoms with Crippen LogP contribution in [0.3, 0.4) is 0 Å². The van der Waals surface area contributed by atoms with Crippen LogP contribution in [0.5, 0.6) is 0 Å². The van der Waals surface area contributed by atoms with E-state index in [1.54, 1.807) is 0 Å². The number of piperidine rings is 1. The van der Waals surface area contributed by atoms with Gasteiger partial charge < -0.3 is 5.32 Å². The standard InChI is InChI=1S/C17H25N3O/c1-12-6-3-7-13(2)20(12)19-17(21)15-8-4-10-16-14(15)9-5-11-18-16/h4,8,10,12-13,18H,3,5-7,9,11H2,1-2H3,(H,19,21). The minimum Gasteiger partial charge on any atom is -0.385 e. The maximum absolute atomic E-state index is 12.7. The quantitative estimate of drug-likeness (QED) is 0.879. The monoisotopic (exact) mass is 287 g/mol. The number of fused-ring (bicyclic) bond motifs is 1. The number of nitrogens with zero attached hydrogens (tertiary/aromatic N) is 1. The highest BCUT2D eigenvalue weighted by Crippen LogP contribution is 2.26. The van der Waals surface area contributed by atoms with Gasteiger partial charge in [-0.2, -0.15) is 0 Å². The number of hydrogen-bond acceptors (Lipinski definition) is 3. The Labute approximate surface area is 126 Å². The molecule has 1 fully saturated rings. The summed E-state index contributed by atoms with van der Waals surface area (Å²) in [5.74, 6) is 0.0381. The molecule has 1 amide bonds. The van der Waals surface area contributed by atoms with E-state index < -0.39 is 0 Å². The van der Waals surface area contributed by atoms with Gasteiger partial charge in [0.05, 0.1) is 0 Å². The van der Waals surface area contributed by atoms with Gasteiger partial charge in [0.15, 0.2) is 0 Å². The van der Waals surface area contributed by atoms with Crippen LogP contribution in [0.15, 0.2) is 18.2 Å². The normalized spacial score (nSPS) is 25.8. The Hall–Kier alpha value is -1.55. The first kappa shape index (κ1) is 14.4. The lowest BCUT2D eigenvalue weighted by Crippen LogP contribution is -2.54. The van der Waals surface area contributed by atoms with Crippen molar-refractivity contribution in [2.24, 2.45) is 0 Å². The highest BCUT2D eigenvalue weighted by Gasteiger charge is 2.27. The van der Waals surface area contributed by atoms with Crippen LogP contribution in [0.2, 0.25) is 0 Å². The zero-order chi connectivity index (χ0) is 14.8. The molecule has 1 saturated heterocycles. The molecule has 2 aliphatic rings. The van der Waals surface area contributed by atoms with E-state index in [2.05, 4.69) is 35.7 Å². The lowest BCUT2D eigenvalue weighted by Gasteiger charge is -2.39.